The highest BCUT2D eigenvalue weighted by Crippen LogP contribution is 2.32. The van der Waals surface area contributed by atoms with E-state index in [4.69, 9.17) is 5.11 Å². The summed E-state index contributed by atoms with van der Waals surface area (Å²) in [4.78, 5) is 34.5. The van der Waals surface area contributed by atoms with Gasteiger partial charge in [0.05, 0.1) is 11.8 Å². The van der Waals surface area contributed by atoms with Gasteiger partial charge in [-0.1, -0.05) is 30.3 Å². The average Bonchev–Trinajstić information content (AvgIpc) is 3.13. The highest BCUT2D eigenvalue weighted by atomic mass is 32.1. The molecule has 134 valence electrons. The Hall–Kier alpha value is -3.32. The number of rotatable bonds is 5. The van der Waals surface area contributed by atoms with Crippen LogP contribution in [0.2, 0.25) is 0 Å². The maximum Gasteiger partial charge on any atom is 0.305 e. The number of aliphatic carboxylic acids is 1. The zero-order valence-electron chi connectivity index (χ0n) is 14.2. The first-order chi connectivity index (χ1) is 13.1. The van der Waals surface area contributed by atoms with E-state index in [-0.39, 0.29) is 18.5 Å². The molecule has 0 atom stereocenters. The number of carboxylic acids is 1. The van der Waals surface area contributed by atoms with Gasteiger partial charge in [-0.15, -0.1) is 11.3 Å². The van der Waals surface area contributed by atoms with Gasteiger partial charge in [0.2, 0.25) is 0 Å². The minimum absolute atomic E-state index is 0.0534. The highest BCUT2D eigenvalue weighted by Gasteiger charge is 2.17. The lowest BCUT2D eigenvalue weighted by atomic mass is 10.2. The van der Waals surface area contributed by atoms with Crippen LogP contribution in [0, 0.1) is 0 Å². The summed E-state index contributed by atoms with van der Waals surface area (Å²) in [5.41, 5.74) is 1.45. The molecule has 0 saturated carbocycles. The third-order valence-corrected chi connectivity index (χ3v) is 5.26. The molecule has 1 N–H and O–H groups in total. The van der Waals surface area contributed by atoms with Crippen molar-refractivity contribution in [3.05, 3.63) is 71.3 Å². The third kappa shape index (κ3) is 3.37. The van der Waals surface area contributed by atoms with Crippen molar-refractivity contribution >= 4 is 27.5 Å². The van der Waals surface area contributed by atoms with Crippen molar-refractivity contribution in [3.63, 3.8) is 0 Å². The van der Waals surface area contributed by atoms with E-state index in [2.05, 4.69) is 9.97 Å². The van der Waals surface area contributed by atoms with E-state index >= 15 is 0 Å². The van der Waals surface area contributed by atoms with E-state index < -0.39 is 5.97 Å². The van der Waals surface area contributed by atoms with Gasteiger partial charge in [-0.2, -0.15) is 0 Å². The van der Waals surface area contributed by atoms with Crippen LogP contribution < -0.4 is 5.56 Å². The number of carbonyl (C=O) groups is 1. The third-order valence-electron chi connectivity index (χ3n) is 4.18. The van der Waals surface area contributed by atoms with Gasteiger partial charge in [-0.05, 0) is 23.8 Å². The van der Waals surface area contributed by atoms with Gasteiger partial charge < -0.3 is 5.11 Å². The molecule has 6 nitrogen and oxygen atoms in total. The van der Waals surface area contributed by atoms with E-state index in [0.717, 1.165) is 10.4 Å². The molecule has 4 aromatic rings. The van der Waals surface area contributed by atoms with Crippen molar-refractivity contribution in [1.82, 2.24) is 14.5 Å². The number of nitrogens with zero attached hydrogens (tertiary/aromatic N) is 3. The molecule has 0 fully saturated rings. The first-order valence-electron chi connectivity index (χ1n) is 8.35. The lowest BCUT2D eigenvalue weighted by Crippen LogP contribution is -2.24. The Morgan fingerprint density at radius 2 is 1.89 bits per heavy atom. The maximum absolute atomic E-state index is 13.1. The van der Waals surface area contributed by atoms with Gasteiger partial charge in [-0.25, -0.2) is 4.98 Å². The van der Waals surface area contributed by atoms with Crippen molar-refractivity contribution in [1.29, 1.82) is 0 Å². The average molecular weight is 377 g/mol. The van der Waals surface area contributed by atoms with Crippen LogP contribution >= 0.6 is 11.3 Å². The first kappa shape index (κ1) is 17.1. The van der Waals surface area contributed by atoms with Gasteiger partial charge in [0, 0.05) is 29.4 Å². The predicted octanol–water partition coefficient (Wildman–Crippen LogP) is 3.66. The smallest absolute Gasteiger partial charge is 0.305 e. The van der Waals surface area contributed by atoms with Crippen molar-refractivity contribution in [2.24, 2.45) is 0 Å². The summed E-state index contributed by atoms with van der Waals surface area (Å²) in [5.74, 6) is -0.530. The molecular weight excluding hydrogens is 362 g/mol. The van der Waals surface area contributed by atoms with Crippen LogP contribution in [0.5, 0.6) is 0 Å². The number of benzene rings is 1. The van der Waals surface area contributed by atoms with Crippen LogP contribution in [0.3, 0.4) is 0 Å². The molecule has 7 heteroatoms. The number of carboxylic acid groups (broad SMARTS) is 1. The van der Waals surface area contributed by atoms with Crippen molar-refractivity contribution in [3.8, 4) is 21.8 Å². The SMILES string of the molecule is O=C(O)CCn1c(-c2cccnc2)nc2sc(-c3ccccc3)cc2c1=O. The minimum atomic E-state index is -0.963. The Morgan fingerprint density at radius 3 is 2.59 bits per heavy atom. The number of hydrogen-bond acceptors (Lipinski definition) is 5. The van der Waals surface area contributed by atoms with Crippen LogP contribution in [-0.2, 0) is 11.3 Å². The van der Waals surface area contributed by atoms with Crippen molar-refractivity contribution in [2.75, 3.05) is 0 Å². The number of pyridine rings is 1. The summed E-state index contributed by atoms with van der Waals surface area (Å²) in [7, 11) is 0. The number of hydrogen-bond donors (Lipinski definition) is 1. The Kier molecular flexibility index (Phi) is 4.52. The highest BCUT2D eigenvalue weighted by molar-refractivity contribution is 7.21. The van der Waals surface area contributed by atoms with E-state index in [1.54, 1.807) is 18.5 Å². The molecule has 0 unspecified atom stereocenters. The second-order valence-electron chi connectivity index (χ2n) is 5.97. The molecule has 0 amide bonds. The molecule has 0 aliphatic heterocycles. The summed E-state index contributed by atoms with van der Waals surface area (Å²) in [6.45, 7) is 0.0534. The fourth-order valence-electron chi connectivity index (χ4n) is 2.89. The molecule has 27 heavy (non-hydrogen) atoms. The van der Waals surface area contributed by atoms with Crippen LogP contribution in [0.1, 0.15) is 6.42 Å². The lowest BCUT2D eigenvalue weighted by molar-refractivity contribution is -0.137. The standard InChI is InChI=1S/C20H15N3O3S/c24-17(25)8-10-23-18(14-7-4-9-21-12-14)22-19-15(20(23)26)11-16(27-19)13-5-2-1-3-6-13/h1-7,9,11-12H,8,10H2,(H,24,25). The fraction of sp³-hybridized carbons (Fsp3) is 0.100. The Morgan fingerprint density at radius 1 is 1.11 bits per heavy atom. The molecule has 3 aromatic heterocycles. The number of thiophene rings is 1. The van der Waals surface area contributed by atoms with Gasteiger partial charge >= 0.3 is 5.97 Å². The Balaban J connectivity index is 1.93. The van der Waals surface area contributed by atoms with Crippen LogP contribution in [0.25, 0.3) is 32.0 Å². The summed E-state index contributed by atoms with van der Waals surface area (Å²) in [6, 6.07) is 15.2. The lowest BCUT2D eigenvalue weighted by Gasteiger charge is -2.11. The molecule has 0 bridgehead atoms. The summed E-state index contributed by atoms with van der Waals surface area (Å²) >= 11 is 1.45. The molecule has 3 heterocycles. The maximum atomic E-state index is 13.1. The number of fused-ring (bicyclic) bond motifs is 1. The molecule has 1 aromatic carbocycles. The molecule has 0 aliphatic rings. The van der Waals surface area contributed by atoms with Crippen LogP contribution in [-0.4, -0.2) is 25.6 Å². The Labute approximate surface area is 158 Å². The second-order valence-corrected chi connectivity index (χ2v) is 7.00. The van der Waals surface area contributed by atoms with Gasteiger partial charge in [0.1, 0.15) is 10.7 Å². The van der Waals surface area contributed by atoms with Crippen LogP contribution in [0.4, 0.5) is 0 Å². The zero-order valence-corrected chi connectivity index (χ0v) is 15.0. The van der Waals surface area contributed by atoms with E-state index in [0.29, 0.717) is 21.6 Å². The number of aromatic nitrogens is 3. The van der Waals surface area contributed by atoms with Crippen molar-refractivity contribution in [2.45, 2.75) is 13.0 Å². The second kappa shape index (κ2) is 7.13. The van der Waals surface area contributed by atoms with Crippen molar-refractivity contribution < 1.29 is 9.90 Å². The summed E-state index contributed by atoms with van der Waals surface area (Å²) in [5, 5.41) is 9.54. The first-order valence-corrected chi connectivity index (χ1v) is 9.17. The van der Waals surface area contributed by atoms with Crippen LogP contribution in [0.15, 0.2) is 65.7 Å². The van der Waals surface area contributed by atoms with E-state index in [1.165, 1.54) is 15.9 Å². The van der Waals surface area contributed by atoms with Gasteiger partial charge in [-0.3, -0.25) is 19.1 Å². The minimum Gasteiger partial charge on any atom is -0.481 e. The molecule has 0 radical (unpaired) electrons. The predicted molar refractivity (Wildman–Crippen MR) is 105 cm³/mol. The topological polar surface area (TPSA) is 85.1 Å². The molecule has 0 saturated heterocycles. The quantitative estimate of drug-likeness (QED) is 0.574. The molecule has 0 spiro atoms. The largest absolute Gasteiger partial charge is 0.481 e. The summed E-state index contributed by atoms with van der Waals surface area (Å²) in [6.07, 6.45) is 3.10. The van der Waals surface area contributed by atoms with Gasteiger partial charge in [0.15, 0.2) is 0 Å². The normalized spacial score (nSPS) is 11.0. The molecular formula is C20H15N3O3S. The monoisotopic (exact) mass is 377 g/mol. The molecule has 4 rings (SSSR count). The molecule has 0 aliphatic carbocycles. The Bertz CT molecular complexity index is 1170. The summed E-state index contributed by atoms with van der Waals surface area (Å²) < 4.78 is 1.43. The fourth-order valence-corrected chi connectivity index (χ4v) is 3.92. The zero-order chi connectivity index (χ0) is 18.8. The van der Waals surface area contributed by atoms with Gasteiger partial charge in [0.25, 0.3) is 5.56 Å². The van der Waals surface area contributed by atoms with E-state index in [9.17, 15) is 9.59 Å². The van der Waals surface area contributed by atoms with E-state index in [1.807, 2.05) is 42.5 Å².